The number of hydrogen-bond acceptors (Lipinski definition) is 2. The molecule has 1 heterocycles. The molecule has 1 aromatic carbocycles. The monoisotopic (exact) mass is 231 g/mol. The maximum atomic E-state index is 9.02. The molecule has 2 aromatic rings. The van der Waals surface area contributed by atoms with Crippen LogP contribution in [-0.4, -0.2) is 9.78 Å². The molecule has 80 valence electrons. The van der Waals surface area contributed by atoms with Gasteiger partial charge in [0.25, 0.3) is 0 Å². The van der Waals surface area contributed by atoms with E-state index in [0.717, 1.165) is 16.9 Å². The van der Waals surface area contributed by atoms with Gasteiger partial charge < -0.3 is 0 Å². The van der Waals surface area contributed by atoms with Gasteiger partial charge in [-0.05, 0) is 31.5 Å². The predicted molar refractivity (Wildman–Crippen MR) is 62.8 cm³/mol. The summed E-state index contributed by atoms with van der Waals surface area (Å²) in [7, 11) is 0. The number of benzene rings is 1. The number of aromatic nitrogens is 2. The molecule has 0 radical (unpaired) electrons. The first-order valence-corrected chi connectivity index (χ1v) is 5.22. The van der Waals surface area contributed by atoms with Crippen LogP contribution in [0.4, 0.5) is 0 Å². The van der Waals surface area contributed by atoms with Crippen molar-refractivity contribution in [1.82, 2.24) is 9.78 Å². The van der Waals surface area contributed by atoms with E-state index in [1.807, 2.05) is 26.0 Å². The Morgan fingerprint density at radius 3 is 2.69 bits per heavy atom. The topological polar surface area (TPSA) is 41.6 Å². The average molecular weight is 232 g/mol. The number of aryl methyl sites for hydroxylation is 2. The molecule has 0 aliphatic heterocycles. The van der Waals surface area contributed by atoms with E-state index in [0.29, 0.717) is 10.6 Å². The highest BCUT2D eigenvalue weighted by molar-refractivity contribution is 6.31. The van der Waals surface area contributed by atoms with Crippen LogP contribution in [0.15, 0.2) is 24.4 Å². The Hall–Kier alpha value is -1.79. The van der Waals surface area contributed by atoms with E-state index < -0.39 is 0 Å². The van der Waals surface area contributed by atoms with Gasteiger partial charge in [-0.15, -0.1) is 0 Å². The van der Waals surface area contributed by atoms with E-state index in [4.69, 9.17) is 16.9 Å². The summed E-state index contributed by atoms with van der Waals surface area (Å²) in [6, 6.07) is 7.75. The Morgan fingerprint density at radius 1 is 1.38 bits per heavy atom. The van der Waals surface area contributed by atoms with Gasteiger partial charge in [0.05, 0.1) is 22.0 Å². The molecule has 0 spiro atoms. The molecular weight excluding hydrogens is 222 g/mol. The Bertz CT molecular complexity index is 559. The Morgan fingerprint density at radius 2 is 2.12 bits per heavy atom. The number of nitrogens with zero attached hydrogens (tertiary/aromatic N) is 3. The molecule has 0 fully saturated rings. The Balaban J connectivity index is 2.63. The van der Waals surface area contributed by atoms with Crippen LogP contribution in [0, 0.1) is 25.2 Å². The third-order valence-corrected chi connectivity index (χ3v) is 2.73. The van der Waals surface area contributed by atoms with Crippen LogP contribution in [0.25, 0.3) is 5.69 Å². The summed E-state index contributed by atoms with van der Waals surface area (Å²) in [4.78, 5) is 0. The molecule has 3 nitrogen and oxygen atoms in total. The van der Waals surface area contributed by atoms with Gasteiger partial charge in [0.2, 0.25) is 0 Å². The van der Waals surface area contributed by atoms with Gasteiger partial charge >= 0.3 is 0 Å². The van der Waals surface area contributed by atoms with Gasteiger partial charge in [0.15, 0.2) is 0 Å². The Kier molecular flexibility index (Phi) is 2.67. The van der Waals surface area contributed by atoms with Gasteiger partial charge in [-0.25, -0.2) is 4.68 Å². The van der Waals surface area contributed by atoms with Gasteiger partial charge in [-0.1, -0.05) is 17.7 Å². The molecule has 1 aromatic heterocycles. The first kappa shape index (κ1) is 10.7. The number of rotatable bonds is 1. The maximum absolute atomic E-state index is 9.02. The van der Waals surface area contributed by atoms with E-state index >= 15 is 0 Å². The number of nitriles is 1. The third kappa shape index (κ3) is 1.80. The van der Waals surface area contributed by atoms with Crippen LogP contribution >= 0.6 is 11.6 Å². The van der Waals surface area contributed by atoms with Gasteiger partial charge in [-0.3, -0.25) is 0 Å². The zero-order valence-electron chi connectivity index (χ0n) is 9.03. The van der Waals surface area contributed by atoms with Crippen LogP contribution < -0.4 is 0 Å². The summed E-state index contributed by atoms with van der Waals surface area (Å²) in [6.45, 7) is 3.81. The van der Waals surface area contributed by atoms with Crippen molar-refractivity contribution in [1.29, 1.82) is 5.26 Å². The SMILES string of the molecule is Cc1ccc(C#N)c(-n2cc(Cl)c(C)n2)c1. The van der Waals surface area contributed by atoms with Gasteiger partial charge in [-0.2, -0.15) is 10.4 Å². The summed E-state index contributed by atoms with van der Waals surface area (Å²) in [5.41, 5.74) is 3.19. The largest absolute Gasteiger partial charge is 0.238 e. The molecule has 0 unspecified atom stereocenters. The zero-order valence-corrected chi connectivity index (χ0v) is 9.78. The van der Waals surface area contributed by atoms with Crippen LogP contribution in [0.1, 0.15) is 16.8 Å². The molecular formula is C12H10ClN3. The van der Waals surface area contributed by atoms with Crippen molar-refractivity contribution in [3.8, 4) is 11.8 Å². The average Bonchev–Trinajstić information content (AvgIpc) is 2.59. The highest BCUT2D eigenvalue weighted by atomic mass is 35.5. The first-order chi connectivity index (χ1) is 7.61. The lowest BCUT2D eigenvalue weighted by Gasteiger charge is -2.04. The quantitative estimate of drug-likeness (QED) is 0.757. The normalized spacial score (nSPS) is 10.1. The summed E-state index contributed by atoms with van der Waals surface area (Å²) < 4.78 is 1.64. The molecule has 0 bridgehead atoms. The lowest BCUT2D eigenvalue weighted by molar-refractivity contribution is 0.858. The molecule has 0 atom stereocenters. The van der Waals surface area contributed by atoms with Crippen molar-refractivity contribution in [2.75, 3.05) is 0 Å². The van der Waals surface area contributed by atoms with Crippen molar-refractivity contribution in [3.05, 3.63) is 46.2 Å². The molecule has 0 aliphatic carbocycles. The van der Waals surface area contributed by atoms with E-state index in [2.05, 4.69) is 11.2 Å². The molecule has 0 saturated carbocycles. The van der Waals surface area contributed by atoms with Crippen molar-refractivity contribution in [3.63, 3.8) is 0 Å². The molecule has 0 aliphatic rings. The lowest BCUT2D eigenvalue weighted by Crippen LogP contribution is -1.98. The van der Waals surface area contributed by atoms with E-state index in [-0.39, 0.29) is 0 Å². The summed E-state index contributed by atoms with van der Waals surface area (Å²) in [6.07, 6.45) is 1.71. The maximum Gasteiger partial charge on any atom is 0.101 e. The minimum Gasteiger partial charge on any atom is -0.238 e. The van der Waals surface area contributed by atoms with Crippen LogP contribution in [0.3, 0.4) is 0 Å². The molecule has 4 heteroatoms. The molecule has 0 N–H and O–H groups in total. The first-order valence-electron chi connectivity index (χ1n) is 4.84. The molecule has 0 amide bonds. The highest BCUT2D eigenvalue weighted by Crippen LogP contribution is 2.19. The summed E-state index contributed by atoms with van der Waals surface area (Å²) >= 11 is 5.95. The molecule has 0 saturated heterocycles. The fraction of sp³-hybridized carbons (Fsp3) is 0.167. The van der Waals surface area contributed by atoms with Crippen LogP contribution in [0.5, 0.6) is 0 Å². The predicted octanol–water partition coefficient (Wildman–Crippen LogP) is 3.01. The minimum absolute atomic E-state index is 0.588. The summed E-state index contributed by atoms with van der Waals surface area (Å²) in [5, 5.41) is 13.9. The lowest BCUT2D eigenvalue weighted by atomic mass is 10.1. The number of halogens is 1. The standard InChI is InChI=1S/C12H10ClN3/c1-8-3-4-10(6-14)12(5-8)16-7-11(13)9(2)15-16/h3-5,7H,1-2H3. The second kappa shape index (κ2) is 3.99. The Labute approximate surface area is 98.9 Å². The van der Waals surface area contributed by atoms with Gasteiger partial charge in [0.1, 0.15) is 6.07 Å². The second-order valence-electron chi connectivity index (χ2n) is 3.64. The fourth-order valence-corrected chi connectivity index (χ4v) is 1.62. The molecule has 2 rings (SSSR count). The second-order valence-corrected chi connectivity index (χ2v) is 4.05. The fourth-order valence-electron chi connectivity index (χ4n) is 1.49. The van der Waals surface area contributed by atoms with E-state index in [9.17, 15) is 0 Å². The highest BCUT2D eigenvalue weighted by Gasteiger charge is 2.08. The van der Waals surface area contributed by atoms with Gasteiger partial charge in [0, 0.05) is 6.20 Å². The van der Waals surface area contributed by atoms with E-state index in [1.165, 1.54) is 0 Å². The minimum atomic E-state index is 0.588. The summed E-state index contributed by atoms with van der Waals surface area (Å²) in [5.74, 6) is 0. The third-order valence-electron chi connectivity index (χ3n) is 2.36. The smallest absolute Gasteiger partial charge is 0.101 e. The zero-order chi connectivity index (χ0) is 11.7. The van der Waals surface area contributed by atoms with Crippen LogP contribution in [0.2, 0.25) is 5.02 Å². The van der Waals surface area contributed by atoms with Crippen molar-refractivity contribution in [2.24, 2.45) is 0 Å². The van der Waals surface area contributed by atoms with E-state index in [1.54, 1.807) is 16.9 Å². The van der Waals surface area contributed by atoms with Crippen molar-refractivity contribution < 1.29 is 0 Å². The van der Waals surface area contributed by atoms with Crippen molar-refractivity contribution >= 4 is 11.6 Å². The van der Waals surface area contributed by atoms with Crippen LogP contribution in [-0.2, 0) is 0 Å². The molecule has 16 heavy (non-hydrogen) atoms. The van der Waals surface area contributed by atoms with Crippen molar-refractivity contribution in [2.45, 2.75) is 13.8 Å². The number of hydrogen-bond donors (Lipinski definition) is 0.